The number of amides is 1. The van der Waals surface area contributed by atoms with Crippen molar-refractivity contribution in [2.24, 2.45) is 0 Å². The quantitative estimate of drug-likeness (QED) is 0.649. The first-order chi connectivity index (χ1) is 6.76. The molecule has 0 heterocycles. The van der Waals surface area contributed by atoms with Crippen LogP contribution in [0.4, 0.5) is 4.79 Å². The summed E-state index contributed by atoms with van der Waals surface area (Å²) in [5.41, 5.74) is -0.684. The van der Waals surface area contributed by atoms with E-state index >= 15 is 0 Å². The number of aliphatic carboxylic acids is 1. The Balaban J connectivity index is 4.25. The van der Waals surface area contributed by atoms with E-state index in [1.165, 1.54) is 0 Å². The van der Waals surface area contributed by atoms with Crippen molar-refractivity contribution in [2.75, 3.05) is 0 Å². The lowest BCUT2D eigenvalue weighted by atomic mass is 10.2. The molecule has 15 heavy (non-hydrogen) atoms. The summed E-state index contributed by atoms with van der Waals surface area (Å²) in [6.45, 7) is 5.01. The maximum absolute atomic E-state index is 11.2. The molecule has 0 saturated carbocycles. The lowest BCUT2D eigenvalue weighted by Gasteiger charge is -2.23. The highest BCUT2D eigenvalue weighted by Gasteiger charge is 2.19. The second-order valence-corrected chi connectivity index (χ2v) is 3.93. The molecule has 0 fully saturated rings. The molecule has 0 aromatic carbocycles. The molecule has 1 atom stereocenters. The largest absolute Gasteiger partial charge is 0.548 e. The minimum atomic E-state index is -1.43. The molecule has 0 radical (unpaired) electrons. The third-order valence-corrected chi connectivity index (χ3v) is 1.30. The van der Waals surface area contributed by atoms with Crippen LogP contribution >= 0.6 is 0 Å². The summed E-state index contributed by atoms with van der Waals surface area (Å²) < 4.78 is 4.85. The Kier molecular flexibility index (Phi) is 4.65. The zero-order valence-corrected chi connectivity index (χ0v) is 8.99. The first-order valence-electron chi connectivity index (χ1n) is 4.40. The third kappa shape index (κ3) is 6.38. The van der Waals surface area contributed by atoms with Crippen molar-refractivity contribution in [2.45, 2.75) is 38.8 Å². The van der Waals surface area contributed by atoms with Gasteiger partial charge >= 0.3 is 6.09 Å². The minimum Gasteiger partial charge on any atom is -0.548 e. The van der Waals surface area contributed by atoms with Gasteiger partial charge in [0.2, 0.25) is 0 Å². The SMILES string of the molecule is C#CC[C@H](NC(=O)OC(C)(C)C)C(=O)[O-]. The Bertz CT molecular complexity index is 285. The normalized spacial score (nSPS) is 12.4. The molecule has 5 nitrogen and oxygen atoms in total. The van der Waals surface area contributed by atoms with Gasteiger partial charge in [-0.3, -0.25) is 0 Å². The number of alkyl carbamates (subject to hydrolysis) is 1. The molecule has 0 aliphatic heterocycles. The maximum atomic E-state index is 11.2. The van der Waals surface area contributed by atoms with E-state index in [0.29, 0.717) is 0 Å². The van der Waals surface area contributed by atoms with Crippen LogP contribution < -0.4 is 10.4 Å². The van der Waals surface area contributed by atoms with Crippen LogP contribution in [-0.2, 0) is 9.53 Å². The fourth-order valence-corrected chi connectivity index (χ4v) is 0.761. The van der Waals surface area contributed by atoms with Gasteiger partial charge in [-0.2, -0.15) is 0 Å². The van der Waals surface area contributed by atoms with Crippen LogP contribution in [0.25, 0.3) is 0 Å². The molecule has 0 aliphatic rings. The average molecular weight is 212 g/mol. The van der Waals surface area contributed by atoms with E-state index < -0.39 is 23.7 Å². The molecule has 1 N–H and O–H groups in total. The van der Waals surface area contributed by atoms with Gasteiger partial charge in [-0.25, -0.2) is 4.79 Å². The topological polar surface area (TPSA) is 78.5 Å². The standard InChI is InChI=1S/C10H15NO4/c1-5-6-7(8(12)13)11-9(14)15-10(2,3)4/h1,7H,6H2,2-4H3,(H,11,14)(H,12,13)/p-1/t7-/m0/s1. The van der Waals surface area contributed by atoms with Crippen LogP contribution in [-0.4, -0.2) is 23.7 Å². The molecule has 84 valence electrons. The van der Waals surface area contributed by atoms with Gasteiger partial charge in [-0.15, -0.1) is 12.3 Å². The molecule has 0 aromatic heterocycles. The summed E-state index contributed by atoms with van der Waals surface area (Å²) in [5.74, 6) is 0.695. The molecule has 5 heteroatoms. The number of ether oxygens (including phenoxy) is 1. The molecular weight excluding hydrogens is 198 g/mol. The van der Waals surface area contributed by atoms with E-state index in [1.54, 1.807) is 20.8 Å². The molecule has 0 aromatic rings. The Morgan fingerprint density at radius 3 is 2.40 bits per heavy atom. The number of hydrogen-bond acceptors (Lipinski definition) is 4. The monoisotopic (exact) mass is 212 g/mol. The number of carboxylic acids is 1. The van der Waals surface area contributed by atoms with Crippen molar-refractivity contribution >= 4 is 12.1 Å². The number of hydrogen-bond donors (Lipinski definition) is 1. The first-order valence-corrected chi connectivity index (χ1v) is 4.40. The van der Waals surface area contributed by atoms with Gasteiger partial charge in [-0.05, 0) is 20.8 Å². The predicted molar refractivity (Wildman–Crippen MR) is 51.6 cm³/mol. The number of carbonyl (C=O) groups is 2. The van der Waals surface area contributed by atoms with Gasteiger partial charge in [0, 0.05) is 6.42 Å². The number of rotatable bonds is 3. The molecule has 0 aliphatic carbocycles. The summed E-state index contributed by atoms with van der Waals surface area (Å²) in [5, 5.41) is 12.6. The molecule has 0 saturated heterocycles. The lowest BCUT2D eigenvalue weighted by molar-refractivity contribution is -0.308. The van der Waals surface area contributed by atoms with E-state index in [2.05, 4.69) is 11.2 Å². The third-order valence-electron chi connectivity index (χ3n) is 1.30. The smallest absolute Gasteiger partial charge is 0.408 e. The van der Waals surface area contributed by atoms with E-state index in [-0.39, 0.29) is 6.42 Å². The lowest BCUT2D eigenvalue weighted by Crippen LogP contribution is -2.49. The maximum Gasteiger partial charge on any atom is 0.408 e. The Hall–Kier alpha value is -1.70. The molecule has 1 amide bonds. The van der Waals surface area contributed by atoms with Crippen LogP contribution in [0, 0.1) is 12.3 Å². The molecule has 0 rings (SSSR count). The second-order valence-electron chi connectivity index (χ2n) is 3.93. The Labute approximate surface area is 88.8 Å². The van der Waals surface area contributed by atoms with Crippen LogP contribution in [0.3, 0.4) is 0 Å². The first kappa shape index (κ1) is 13.3. The molecule has 0 spiro atoms. The van der Waals surface area contributed by atoms with Crippen molar-refractivity contribution in [3.63, 3.8) is 0 Å². The van der Waals surface area contributed by atoms with Crippen LogP contribution in [0.5, 0.6) is 0 Å². The average Bonchev–Trinajstić information content (AvgIpc) is 1.99. The van der Waals surface area contributed by atoms with E-state index in [4.69, 9.17) is 11.2 Å². The van der Waals surface area contributed by atoms with Crippen LogP contribution in [0.2, 0.25) is 0 Å². The van der Waals surface area contributed by atoms with E-state index in [0.717, 1.165) is 0 Å². The van der Waals surface area contributed by atoms with Crippen molar-refractivity contribution < 1.29 is 19.4 Å². The summed E-state index contributed by atoms with van der Waals surface area (Å²) >= 11 is 0. The minimum absolute atomic E-state index is 0.137. The molecule has 0 unspecified atom stereocenters. The van der Waals surface area contributed by atoms with Crippen LogP contribution in [0.15, 0.2) is 0 Å². The molecule has 0 bridgehead atoms. The van der Waals surface area contributed by atoms with Gasteiger partial charge in [0.25, 0.3) is 0 Å². The van der Waals surface area contributed by atoms with E-state index in [1.807, 2.05) is 0 Å². The van der Waals surface area contributed by atoms with Crippen molar-refractivity contribution in [3.05, 3.63) is 0 Å². The number of nitrogens with one attached hydrogen (secondary N) is 1. The summed E-state index contributed by atoms with van der Waals surface area (Å²) in [4.78, 5) is 21.7. The summed E-state index contributed by atoms with van der Waals surface area (Å²) in [6.07, 6.45) is 3.97. The van der Waals surface area contributed by atoms with Crippen molar-refractivity contribution in [1.82, 2.24) is 5.32 Å². The number of terminal acetylenes is 1. The van der Waals surface area contributed by atoms with Gasteiger partial charge in [0.1, 0.15) is 5.60 Å². The van der Waals surface area contributed by atoms with Gasteiger partial charge in [0.15, 0.2) is 0 Å². The highest BCUT2D eigenvalue weighted by Crippen LogP contribution is 2.06. The zero-order chi connectivity index (χ0) is 12.1. The predicted octanol–water partition coefficient (Wildman–Crippen LogP) is -0.347. The van der Waals surface area contributed by atoms with Gasteiger partial charge in [-0.1, -0.05) is 0 Å². The van der Waals surface area contributed by atoms with Crippen molar-refractivity contribution in [3.8, 4) is 12.3 Å². The summed E-state index contributed by atoms with van der Waals surface area (Å²) in [6, 6.07) is -1.22. The Morgan fingerprint density at radius 1 is 1.53 bits per heavy atom. The fourth-order valence-electron chi connectivity index (χ4n) is 0.761. The highest BCUT2D eigenvalue weighted by atomic mass is 16.6. The summed E-state index contributed by atoms with van der Waals surface area (Å²) in [7, 11) is 0. The van der Waals surface area contributed by atoms with Crippen molar-refractivity contribution in [1.29, 1.82) is 0 Å². The van der Waals surface area contributed by atoms with E-state index in [9.17, 15) is 14.7 Å². The van der Waals surface area contributed by atoms with Gasteiger partial charge in [0.05, 0.1) is 12.0 Å². The van der Waals surface area contributed by atoms with Gasteiger partial charge < -0.3 is 20.0 Å². The number of carboxylic acid groups (broad SMARTS) is 1. The fraction of sp³-hybridized carbons (Fsp3) is 0.600. The molecular formula is C10H14NO4-. The zero-order valence-electron chi connectivity index (χ0n) is 8.99. The second kappa shape index (κ2) is 5.25. The Morgan fingerprint density at radius 2 is 2.07 bits per heavy atom. The van der Waals surface area contributed by atoms with Crippen LogP contribution in [0.1, 0.15) is 27.2 Å². The number of carbonyl (C=O) groups excluding carboxylic acids is 2. The highest BCUT2D eigenvalue weighted by molar-refractivity contribution is 5.79.